The zero-order valence-electron chi connectivity index (χ0n) is 17.8. The van der Waals surface area contributed by atoms with Crippen LogP contribution in [0.15, 0.2) is 47.1 Å². The fourth-order valence-corrected chi connectivity index (χ4v) is 5.22. The first-order chi connectivity index (χ1) is 15.5. The second-order valence-corrected chi connectivity index (χ2v) is 8.85. The molecule has 1 aliphatic rings. The molecule has 4 heterocycles. The van der Waals surface area contributed by atoms with Crippen molar-refractivity contribution in [3.8, 4) is 11.6 Å². The Hall–Kier alpha value is -3.52. The number of benzene rings is 1. The van der Waals surface area contributed by atoms with Crippen molar-refractivity contribution in [1.82, 2.24) is 9.97 Å². The summed E-state index contributed by atoms with van der Waals surface area (Å²) in [6.07, 6.45) is 4.07. The summed E-state index contributed by atoms with van der Waals surface area (Å²) >= 11 is 1.34. The lowest BCUT2D eigenvalue weighted by Gasteiger charge is -2.27. The van der Waals surface area contributed by atoms with Crippen molar-refractivity contribution in [2.45, 2.75) is 33.1 Å². The monoisotopic (exact) mass is 446 g/mol. The molecule has 0 aliphatic carbocycles. The molecule has 0 atom stereocenters. The van der Waals surface area contributed by atoms with Gasteiger partial charge in [0, 0.05) is 29.7 Å². The Balaban J connectivity index is 1.44. The predicted octanol–water partition coefficient (Wildman–Crippen LogP) is 5.34. The molecule has 0 bridgehead atoms. The van der Waals surface area contributed by atoms with Crippen LogP contribution in [-0.4, -0.2) is 28.3 Å². The van der Waals surface area contributed by atoms with Gasteiger partial charge >= 0.3 is 0 Å². The van der Waals surface area contributed by atoms with E-state index in [0.717, 1.165) is 40.0 Å². The number of anilines is 2. The first-order valence-electron chi connectivity index (χ1n) is 10.5. The molecule has 4 aromatic rings. The van der Waals surface area contributed by atoms with E-state index in [1.807, 2.05) is 44.2 Å². The maximum absolute atomic E-state index is 13.1. The Morgan fingerprint density at radius 2 is 2.03 bits per heavy atom. The second-order valence-electron chi connectivity index (χ2n) is 7.85. The number of piperidine rings is 1. The van der Waals surface area contributed by atoms with Crippen LogP contribution in [0, 0.1) is 13.8 Å². The van der Waals surface area contributed by atoms with E-state index in [4.69, 9.17) is 4.42 Å². The third kappa shape index (κ3) is 3.67. The molecule has 1 aromatic carbocycles. The van der Waals surface area contributed by atoms with E-state index in [-0.39, 0.29) is 11.8 Å². The fourth-order valence-electron chi connectivity index (χ4n) is 4.09. The maximum atomic E-state index is 13.1. The van der Waals surface area contributed by atoms with Crippen LogP contribution in [0.2, 0.25) is 0 Å². The highest BCUT2D eigenvalue weighted by molar-refractivity contribution is 7.20. The molecule has 5 rings (SSSR count). The van der Waals surface area contributed by atoms with Gasteiger partial charge in [0.1, 0.15) is 4.83 Å². The smallest absolute Gasteiger partial charge is 0.266 e. The molecule has 1 aliphatic heterocycles. The third-order valence-electron chi connectivity index (χ3n) is 5.66. The van der Waals surface area contributed by atoms with Gasteiger partial charge in [-0.1, -0.05) is 6.07 Å². The third-order valence-corrected chi connectivity index (χ3v) is 6.84. The van der Waals surface area contributed by atoms with E-state index in [0.29, 0.717) is 35.1 Å². The molecule has 162 valence electrons. The lowest BCUT2D eigenvalue weighted by molar-refractivity contribution is -0.119. The van der Waals surface area contributed by atoms with E-state index in [2.05, 4.69) is 15.3 Å². The Labute approximate surface area is 189 Å². The van der Waals surface area contributed by atoms with Crippen LogP contribution < -0.4 is 10.2 Å². The summed E-state index contributed by atoms with van der Waals surface area (Å²) in [5, 5.41) is 3.87. The summed E-state index contributed by atoms with van der Waals surface area (Å²) in [6.45, 7) is 4.54. The number of amides is 2. The van der Waals surface area contributed by atoms with Gasteiger partial charge in [0.05, 0.1) is 16.8 Å². The molecule has 0 saturated carbocycles. The average Bonchev–Trinajstić information content (AvgIpc) is 3.43. The number of hydrogen-bond acceptors (Lipinski definition) is 6. The van der Waals surface area contributed by atoms with Gasteiger partial charge < -0.3 is 14.6 Å². The molecule has 1 saturated heterocycles. The molecular weight excluding hydrogens is 424 g/mol. The second kappa shape index (κ2) is 8.20. The number of thiophene rings is 1. The van der Waals surface area contributed by atoms with Gasteiger partial charge in [-0.05, 0) is 62.6 Å². The van der Waals surface area contributed by atoms with Crippen molar-refractivity contribution in [3.05, 3.63) is 58.8 Å². The highest BCUT2D eigenvalue weighted by atomic mass is 32.1. The number of nitrogens with zero attached hydrogens (tertiary/aromatic N) is 3. The van der Waals surface area contributed by atoms with Crippen LogP contribution >= 0.6 is 11.3 Å². The molecule has 1 N–H and O–H groups in total. The molecule has 7 nitrogen and oxygen atoms in total. The van der Waals surface area contributed by atoms with E-state index in [1.165, 1.54) is 11.3 Å². The minimum Gasteiger partial charge on any atom is -0.461 e. The Bertz CT molecular complexity index is 1330. The van der Waals surface area contributed by atoms with Gasteiger partial charge in [0.25, 0.3) is 5.91 Å². The summed E-state index contributed by atoms with van der Waals surface area (Å²) in [7, 11) is 0. The van der Waals surface area contributed by atoms with Crippen LogP contribution in [0.5, 0.6) is 0 Å². The van der Waals surface area contributed by atoms with Gasteiger partial charge in [0.2, 0.25) is 5.91 Å². The van der Waals surface area contributed by atoms with Gasteiger partial charge in [0.15, 0.2) is 11.6 Å². The highest BCUT2D eigenvalue weighted by Crippen LogP contribution is 2.34. The van der Waals surface area contributed by atoms with Crippen molar-refractivity contribution >= 4 is 44.7 Å². The molecule has 0 spiro atoms. The number of rotatable bonds is 4. The minimum absolute atomic E-state index is 0.126. The van der Waals surface area contributed by atoms with Crippen LogP contribution in [0.1, 0.15) is 40.2 Å². The fraction of sp³-hybridized carbons (Fsp3) is 0.250. The van der Waals surface area contributed by atoms with E-state index >= 15 is 0 Å². The van der Waals surface area contributed by atoms with Gasteiger partial charge in [-0.2, -0.15) is 0 Å². The van der Waals surface area contributed by atoms with Gasteiger partial charge in [-0.25, -0.2) is 9.97 Å². The normalized spacial score (nSPS) is 14.2. The highest BCUT2D eigenvalue weighted by Gasteiger charge is 2.22. The van der Waals surface area contributed by atoms with Crippen molar-refractivity contribution in [2.75, 3.05) is 16.8 Å². The molecule has 0 radical (unpaired) electrons. The number of carbonyl (C=O) groups is 2. The molecule has 0 unspecified atom stereocenters. The maximum Gasteiger partial charge on any atom is 0.266 e. The predicted molar refractivity (Wildman–Crippen MR) is 125 cm³/mol. The summed E-state index contributed by atoms with van der Waals surface area (Å²) in [6, 6.07) is 11.0. The number of fused-ring (bicyclic) bond motifs is 1. The van der Waals surface area contributed by atoms with Crippen molar-refractivity contribution in [1.29, 1.82) is 0 Å². The largest absolute Gasteiger partial charge is 0.461 e. The minimum atomic E-state index is -0.202. The first-order valence-corrected chi connectivity index (χ1v) is 11.4. The number of furan rings is 1. The lowest BCUT2D eigenvalue weighted by Crippen LogP contribution is -2.35. The Kier molecular flexibility index (Phi) is 5.22. The molecule has 3 aromatic heterocycles. The zero-order valence-corrected chi connectivity index (χ0v) is 18.7. The molecule has 8 heteroatoms. The van der Waals surface area contributed by atoms with Crippen LogP contribution in [0.4, 0.5) is 11.4 Å². The summed E-state index contributed by atoms with van der Waals surface area (Å²) < 4.78 is 5.43. The van der Waals surface area contributed by atoms with Gasteiger partial charge in [-0.15, -0.1) is 11.3 Å². The summed E-state index contributed by atoms with van der Waals surface area (Å²) in [5.74, 6) is 1.02. The van der Waals surface area contributed by atoms with E-state index in [1.54, 1.807) is 17.2 Å². The standard InChI is InChI=1S/C24H22N4O3S/c1-14-20-15(2)25-22(18-9-6-12-31-18)27-24(20)32-21(14)23(30)26-16-7-5-8-17(13-16)28-11-4-3-10-19(28)29/h5-9,12-13H,3-4,10-11H2,1-2H3,(H,26,30). The molecular formula is C24H22N4O3S. The quantitative estimate of drug-likeness (QED) is 0.457. The number of hydrogen-bond donors (Lipinski definition) is 1. The average molecular weight is 447 g/mol. The van der Waals surface area contributed by atoms with E-state index in [9.17, 15) is 9.59 Å². The summed E-state index contributed by atoms with van der Waals surface area (Å²) in [5.41, 5.74) is 3.13. The van der Waals surface area contributed by atoms with Gasteiger partial charge in [-0.3, -0.25) is 9.59 Å². The van der Waals surface area contributed by atoms with Crippen LogP contribution in [0.3, 0.4) is 0 Å². The molecule has 2 amide bonds. The summed E-state index contributed by atoms with van der Waals surface area (Å²) in [4.78, 5) is 37.7. The molecule has 1 fully saturated rings. The number of aryl methyl sites for hydroxylation is 2. The zero-order chi connectivity index (χ0) is 22.2. The van der Waals surface area contributed by atoms with Crippen LogP contribution in [0.25, 0.3) is 21.8 Å². The van der Waals surface area contributed by atoms with Crippen molar-refractivity contribution < 1.29 is 14.0 Å². The molecule has 32 heavy (non-hydrogen) atoms. The lowest BCUT2D eigenvalue weighted by atomic mass is 10.1. The van der Waals surface area contributed by atoms with E-state index < -0.39 is 0 Å². The van der Waals surface area contributed by atoms with Crippen molar-refractivity contribution in [2.24, 2.45) is 0 Å². The number of nitrogens with one attached hydrogen (secondary N) is 1. The Morgan fingerprint density at radius 1 is 1.16 bits per heavy atom. The Morgan fingerprint density at radius 3 is 2.81 bits per heavy atom. The number of aromatic nitrogens is 2. The SMILES string of the molecule is Cc1nc(-c2ccco2)nc2sc(C(=O)Nc3cccc(N4CCCCC4=O)c3)c(C)c12. The topological polar surface area (TPSA) is 88.3 Å². The van der Waals surface area contributed by atoms with Crippen LogP contribution in [-0.2, 0) is 4.79 Å². The first kappa shape index (κ1) is 20.4. The van der Waals surface area contributed by atoms with Crippen molar-refractivity contribution in [3.63, 3.8) is 0 Å². The number of carbonyl (C=O) groups excluding carboxylic acids is 2.